The molecular formula is C43H49N9O6S. The largest absolute Gasteiger partial charge is 0.368 e. The van der Waals surface area contributed by atoms with Gasteiger partial charge in [-0.15, -0.1) is 0 Å². The zero-order chi connectivity index (χ0) is 40.4. The number of sulfonamides is 1. The zero-order valence-electron chi connectivity index (χ0n) is 33.0. The van der Waals surface area contributed by atoms with Crippen molar-refractivity contribution < 1.29 is 22.8 Å². The highest BCUT2D eigenvalue weighted by molar-refractivity contribution is 7.89. The van der Waals surface area contributed by atoms with E-state index in [1.165, 1.54) is 0 Å². The SMILES string of the molecule is O=C1CCC(N2Cc3cc(N4CC5CCC(C4)N5Cc4cccc(S(=O)(=O)N5CCC(Nc6ncc7ccc(=O)n(C8CCCC8)c7n6)CC5)c4)ccc3C2=O)C(=O)N1. The number of fused-ring (bicyclic) bond motifs is 4. The average Bonchev–Trinajstić information content (AvgIpc) is 3.93. The van der Waals surface area contributed by atoms with Crippen molar-refractivity contribution in [1.82, 2.24) is 34.0 Å². The molecule has 2 aromatic heterocycles. The molecule has 2 aromatic carbocycles. The zero-order valence-corrected chi connectivity index (χ0v) is 33.8. The van der Waals surface area contributed by atoms with Crippen LogP contribution in [-0.2, 0) is 32.7 Å². The third-order valence-electron chi connectivity index (χ3n) is 13.6. The van der Waals surface area contributed by atoms with Crippen molar-refractivity contribution in [2.24, 2.45) is 0 Å². The first-order chi connectivity index (χ1) is 28.6. The van der Waals surface area contributed by atoms with Crippen molar-refractivity contribution in [3.05, 3.63) is 87.8 Å². The fourth-order valence-electron chi connectivity index (χ4n) is 10.4. The van der Waals surface area contributed by atoms with E-state index in [1.54, 1.807) is 33.6 Å². The minimum Gasteiger partial charge on any atom is -0.368 e. The van der Waals surface area contributed by atoms with E-state index in [0.29, 0.717) is 79.6 Å². The highest BCUT2D eigenvalue weighted by Gasteiger charge is 2.42. The minimum absolute atomic E-state index is 0.00145. The van der Waals surface area contributed by atoms with Gasteiger partial charge in [-0.05, 0) is 92.5 Å². The van der Waals surface area contributed by atoms with Crippen LogP contribution in [0.2, 0.25) is 0 Å². The number of nitrogens with zero attached hydrogens (tertiary/aromatic N) is 7. The van der Waals surface area contributed by atoms with Crippen LogP contribution in [-0.4, -0.2) is 105 Å². The van der Waals surface area contributed by atoms with Gasteiger partial charge in [-0.25, -0.2) is 13.4 Å². The predicted octanol–water partition coefficient (Wildman–Crippen LogP) is 3.79. The Morgan fingerprint density at radius 3 is 2.37 bits per heavy atom. The Labute approximate surface area is 342 Å². The lowest BCUT2D eigenvalue weighted by Crippen LogP contribution is -2.53. The first kappa shape index (κ1) is 38.0. The van der Waals surface area contributed by atoms with Crippen LogP contribution in [0.25, 0.3) is 11.0 Å². The summed E-state index contributed by atoms with van der Waals surface area (Å²) in [5, 5.41) is 6.63. The summed E-state index contributed by atoms with van der Waals surface area (Å²) in [6.07, 6.45) is 9.80. The number of carbonyl (C=O) groups excluding carboxylic acids is 3. The fraction of sp³-hybridized carbons (Fsp3) is 0.488. The number of nitrogens with one attached hydrogen (secondary N) is 2. The Morgan fingerprint density at radius 2 is 1.61 bits per heavy atom. The number of hydrogen-bond acceptors (Lipinski definition) is 11. The van der Waals surface area contributed by atoms with Crippen molar-refractivity contribution >= 4 is 50.4 Å². The van der Waals surface area contributed by atoms with E-state index in [9.17, 15) is 27.6 Å². The highest BCUT2D eigenvalue weighted by Crippen LogP contribution is 2.37. The van der Waals surface area contributed by atoms with Crippen LogP contribution in [0, 0.1) is 0 Å². The molecule has 4 aromatic rings. The van der Waals surface area contributed by atoms with Crippen LogP contribution in [0.3, 0.4) is 0 Å². The van der Waals surface area contributed by atoms with Gasteiger partial charge < -0.3 is 15.1 Å². The molecule has 6 aliphatic rings. The van der Waals surface area contributed by atoms with E-state index < -0.39 is 22.0 Å². The molecule has 16 heteroatoms. The van der Waals surface area contributed by atoms with Gasteiger partial charge in [-0.1, -0.05) is 25.0 Å². The molecule has 7 heterocycles. The Hall–Kier alpha value is -5.19. The van der Waals surface area contributed by atoms with Gasteiger partial charge in [0.05, 0.1) is 4.90 Å². The predicted molar refractivity (Wildman–Crippen MR) is 220 cm³/mol. The second-order valence-electron chi connectivity index (χ2n) is 17.1. The number of benzene rings is 2. The Balaban J connectivity index is 0.763. The fourth-order valence-corrected chi connectivity index (χ4v) is 12.0. The van der Waals surface area contributed by atoms with E-state index in [-0.39, 0.29) is 35.9 Å². The number of aromatic nitrogens is 3. The summed E-state index contributed by atoms with van der Waals surface area (Å²) in [7, 11) is -3.71. The molecular weight excluding hydrogens is 771 g/mol. The number of rotatable bonds is 9. The summed E-state index contributed by atoms with van der Waals surface area (Å²) in [5.74, 6) is -0.416. The van der Waals surface area contributed by atoms with Gasteiger partial charge in [0.25, 0.3) is 11.5 Å². The second kappa shape index (κ2) is 15.1. The number of imide groups is 1. The van der Waals surface area contributed by atoms with Gasteiger partial charge in [0, 0.05) is 98.8 Å². The molecule has 2 bridgehead atoms. The van der Waals surface area contributed by atoms with Crippen LogP contribution in [0.4, 0.5) is 11.6 Å². The number of anilines is 2. The van der Waals surface area contributed by atoms with Gasteiger partial charge >= 0.3 is 0 Å². The molecule has 3 amide bonds. The van der Waals surface area contributed by atoms with Crippen LogP contribution in [0.1, 0.15) is 91.7 Å². The average molecular weight is 820 g/mol. The molecule has 1 aliphatic carbocycles. The molecule has 15 nitrogen and oxygen atoms in total. The molecule has 5 fully saturated rings. The number of amides is 3. The molecule has 308 valence electrons. The van der Waals surface area contributed by atoms with Crippen molar-refractivity contribution in [3.8, 4) is 0 Å². The van der Waals surface area contributed by atoms with Crippen LogP contribution >= 0.6 is 0 Å². The lowest BCUT2D eigenvalue weighted by molar-refractivity contribution is -0.136. The first-order valence-electron chi connectivity index (χ1n) is 21.1. The van der Waals surface area contributed by atoms with Gasteiger partial charge in [0.1, 0.15) is 11.7 Å². The first-order valence-corrected chi connectivity index (χ1v) is 22.6. The summed E-state index contributed by atoms with van der Waals surface area (Å²) in [6, 6.07) is 16.8. The lowest BCUT2D eigenvalue weighted by atomic mass is 10.0. The summed E-state index contributed by atoms with van der Waals surface area (Å²) in [5.41, 5.74) is 4.15. The van der Waals surface area contributed by atoms with Crippen molar-refractivity contribution in [2.45, 2.75) is 112 Å². The monoisotopic (exact) mass is 819 g/mol. The maximum Gasteiger partial charge on any atom is 0.255 e. The number of piperidine rings is 2. The molecule has 59 heavy (non-hydrogen) atoms. The number of piperazine rings is 1. The molecule has 10 rings (SSSR count). The summed E-state index contributed by atoms with van der Waals surface area (Å²) < 4.78 is 31.4. The summed E-state index contributed by atoms with van der Waals surface area (Å²) in [6.45, 7) is 3.42. The van der Waals surface area contributed by atoms with E-state index in [4.69, 9.17) is 4.98 Å². The molecule has 5 aliphatic heterocycles. The third kappa shape index (κ3) is 7.08. The second-order valence-corrected chi connectivity index (χ2v) is 19.1. The minimum atomic E-state index is -3.71. The summed E-state index contributed by atoms with van der Waals surface area (Å²) in [4.78, 5) is 66.5. The van der Waals surface area contributed by atoms with Gasteiger partial charge in [-0.2, -0.15) is 9.29 Å². The maximum absolute atomic E-state index is 14.0. The molecule has 4 saturated heterocycles. The molecule has 3 atom stereocenters. The third-order valence-corrected chi connectivity index (χ3v) is 15.4. The normalized spacial score (nSPS) is 24.6. The van der Waals surface area contributed by atoms with Crippen LogP contribution in [0.15, 0.2) is 70.5 Å². The van der Waals surface area contributed by atoms with Crippen molar-refractivity contribution in [1.29, 1.82) is 0 Å². The van der Waals surface area contributed by atoms with Gasteiger partial charge in [0.2, 0.25) is 27.8 Å². The van der Waals surface area contributed by atoms with Crippen LogP contribution < -0.4 is 21.1 Å². The van der Waals surface area contributed by atoms with Crippen molar-refractivity contribution in [3.63, 3.8) is 0 Å². The highest BCUT2D eigenvalue weighted by atomic mass is 32.2. The number of hydrogen-bond donors (Lipinski definition) is 2. The number of pyridine rings is 1. The maximum atomic E-state index is 14.0. The van der Waals surface area contributed by atoms with E-state index in [1.807, 2.05) is 34.9 Å². The smallest absolute Gasteiger partial charge is 0.255 e. The van der Waals surface area contributed by atoms with Crippen molar-refractivity contribution in [2.75, 3.05) is 36.4 Å². The Kier molecular flexibility index (Phi) is 9.75. The Bertz CT molecular complexity index is 2500. The standard InChI is InChI=1S/C43H49N9O6S/c53-38-14-13-37(41(55)46-38)51-24-29-21-32(11-12-36(29)42(51)56)48-25-33-9-10-34(26-48)50(33)23-27-4-3-7-35(20-27)59(57,58)49-18-16-30(17-19-49)45-43-44-22-28-8-15-39(54)52(40(28)47-43)31-5-1-2-6-31/h3-4,7-8,11-12,15,20-22,30-31,33-34,37H,1-2,5-6,9-10,13-14,16-19,23-26H2,(H,44,45,47)(H,46,53,55). The molecule has 3 unspecified atom stereocenters. The lowest BCUT2D eigenvalue weighted by Gasteiger charge is -2.42. The molecule has 0 spiro atoms. The molecule has 2 N–H and O–H groups in total. The van der Waals surface area contributed by atoms with E-state index in [0.717, 1.165) is 73.8 Å². The topological polar surface area (TPSA) is 170 Å². The van der Waals surface area contributed by atoms with E-state index in [2.05, 4.69) is 31.5 Å². The molecule has 1 saturated carbocycles. The van der Waals surface area contributed by atoms with E-state index >= 15 is 0 Å². The molecule has 0 radical (unpaired) electrons. The van der Waals surface area contributed by atoms with Crippen LogP contribution in [0.5, 0.6) is 0 Å². The summed E-state index contributed by atoms with van der Waals surface area (Å²) >= 11 is 0. The van der Waals surface area contributed by atoms with Gasteiger partial charge in [-0.3, -0.25) is 34.0 Å². The Morgan fingerprint density at radius 1 is 0.831 bits per heavy atom. The number of carbonyl (C=O) groups is 3. The van der Waals surface area contributed by atoms with Gasteiger partial charge in [0.15, 0.2) is 0 Å². The quantitative estimate of drug-likeness (QED) is 0.236.